The number of hydrogen-bond donors (Lipinski definition) is 2. The molecule has 0 aliphatic rings. The lowest BCUT2D eigenvalue weighted by Crippen LogP contribution is -2.38. The van der Waals surface area contributed by atoms with Crippen LogP contribution in [0.5, 0.6) is 0 Å². The molecule has 1 rings (SSSR count). The van der Waals surface area contributed by atoms with Gasteiger partial charge in [0.25, 0.3) is 0 Å². The summed E-state index contributed by atoms with van der Waals surface area (Å²) in [5.74, 6) is 0. The molecule has 1 N–H and O–H groups in total. The first-order valence-electron chi connectivity index (χ1n) is 6.25. The number of urea groups is 1. The average molecular weight is 281 g/mol. The van der Waals surface area contributed by atoms with E-state index in [-0.39, 0.29) is 11.4 Å². The molecule has 0 spiro atoms. The van der Waals surface area contributed by atoms with E-state index < -0.39 is 0 Å². The highest BCUT2D eigenvalue weighted by Gasteiger charge is 2.16. The molecule has 5 heteroatoms. The van der Waals surface area contributed by atoms with E-state index in [0.29, 0.717) is 6.54 Å². The number of carbonyl (C=O) groups is 1. The number of amides is 2. The third-order valence-electron chi connectivity index (χ3n) is 2.57. The maximum absolute atomic E-state index is 11.9. The Morgan fingerprint density at radius 1 is 1.16 bits per heavy atom. The Hall–Kier alpha value is -1.36. The zero-order chi connectivity index (χ0) is 14.6. The van der Waals surface area contributed by atoms with Gasteiger partial charge in [0.2, 0.25) is 0 Å². The van der Waals surface area contributed by atoms with Gasteiger partial charge >= 0.3 is 6.03 Å². The monoisotopic (exact) mass is 281 g/mol. The Balaban J connectivity index is 2.66. The first-order valence-corrected chi connectivity index (χ1v) is 6.65. The van der Waals surface area contributed by atoms with E-state index in [2.05, 4.69) is 38.9 Å². The molecule has 0 saturated heterocycles. The predicted molar refractivity (Wildman–Crippen MR) is 85.1 cm³/mol. The number of nitrogens with one attached hydrogen (secondary N) is 1. The van der Waals surface area contributed by atoms with Crippen molar-refractivity contribution in [1.82, 2.24) is 5.32 Å². The lowest BCUT2D eigenvalue weighted by atomic mass is 9.97. The highest BCUT2D eigenvalue weighted by atomic mass is 32.1. The van der Waals surface area contributed by atoms with Crippen LogP contribution in [-0.4, -0.2) is 26.7 Å². The van der Waals surface area contributed by atoms with Gasteiger partial charge in [0.05, 0.1) is 5.69 Å². The summed E-state index contributed by atoms with van der Waals surface area (Å²) in [6.07, 6.45) is 0. The highest BCUT2D eigenvalue weighted by molar-refractivity contribution is 7.82. The molecule has 0 bridgehead atoms. The van der Waals surface area contributed by atoms with E-state index in [1.54, 1.807) is 0 Å². The largest absolute Gasteiger partial charge is 0.378 e. The second-order valence-electron chi connectivity index (χ2n) is 5.94. The molecule has 0 aliphatic heterocycles. The molecule has 0 atom stereocenters. The summed E-state index contributed by atoms with van der Waals surface area (Å²) in [7, 11) is 3.95. The van der Waals surface area contributed by atoms with Gasteiger partial charge in [-0.15, -0.1) is 0 Å². The second-order valence-corrected chi connectivity index (χ2v) is 6.34. The van der Waals surface area contributed by atoms with Crippen molar-refractivity contribution in [3.05, 3.63) is 24.3 Å². The third-order valence-corrected chi connectivity index (χ3v) is 2.99. The van der Waals surface area contributed by atoms with Crippen molar-refractivity contribution in [3.63, 3.8) is 0 Å². The number of thiol groups is 1. The first kappa shape index (κ1) is 15.7. The number of carbonyl (C=O) groups excluding carboxylic acids is 1. The van der Waals surface area contributed by atoms with Gasteiger partial charge in [-0.05, 0) is 29.7 Å². The van der Waals surface area contributed by atoms with Gasteiger partial charge in [0.1, 0.15) is 0 Å². The van der Waals surface area contributed by atoms with Crippen LogP contribution in [0.4, 0.5) is 16.2 Å². The highest BCUT2D eigenvalue weighted by Crippen LogP contribution is 2.21. The maximum Gasteiger partial charge on any atom is 0.331 e. The molecule has 0 unspecified atom stereocenters. The SMILES string of the molecule is CN(C)c1ccc(N(S)C(=O)NCC(C)(C)C)cc1. The fourth-order valence-electron chi connectivity index (χ4n) is 1.42. The lowest BCUT2D eigenvalue weighted by Gasteiger charge is -2.22. The summed E-state index contributed by atoms with van der Waals surface area (Å²) in [4.78, 5) is 13.9. The Labute approximate surface area is 121 Å². The van der Waals surface area contributed by atoms with Gasteiger partial charge in [0, 0.05) is 26.3 Å². The van der Waals surface area contributed by atoms with Crippen LogP contribution in [0.25, 0.3) is 0 Å². The van der Waals surface area contributed by atoms with Crippen molar-refractivity contribution in [2.45, 2.75) is 20.8 Å². The van der Waals surface area contributed by atoms with Crippen LogP contribution in [-0.2, 0) is 0 Å². The van der Waals surface area contributed by atoms with Crippen LogP contribution in [0.1, 0.15) is 20.8 Å². The summed E-state index contributed by atoms with van der Waals surface area (Å²) in [6.45, 7) is 6.82. The molecule has 0 aliphatic carbocycles. The summed E-state index contributed by atoms with van der Waals surface area (Å²) in [6, 6.07) is 7.44. The minimum absolute atomic E-state index is 0.0546. The Morgan fingerprint density at radius 2 is 1.63 bits per heavy atom. The number of anilines is 2. The molecule has 0 aromatic heterocycles. The summed E-state index contributed by atoms with van der Waals surface area (Å²) in [5.41, 5.74) is 1.89. The van der Waals surface area contributed by atoms with E-state index in [1.807, 2.05) is 43.3 Å². The summed E-state index contributed by atoms with van der Waals surface area (Å²) < 4.78 is 1.32. The molecule has 2 amide bonds. The average Bonchev–Trinajstić information content (AvgIpc) is 2.34. The zero-order valence-corrected chi connectivity index (χ0v) is 13.2. The smallest absolute Gasteiger partial charge is 0.331 e. The predicted octanol–water partition coefficient (Wildman–Crippen LogP) is 3.16. The molecule has 0 radical (unpaired) electrons. The molecular formula is C14H23N3OS. The van der Waals surface area contributed by atoms with Gasteiger partial charge in [-0.25, -0.2) is 9.10 Å². The van der Waals surface area contributed by atoms with Crippen molar-refractivity contribution < 1.29 is 4.79 Å². The molecule has 0 heterocycles. The van der Waals surface area contributed by atoms with Crippen LogP contribution < -0.4 is 14.5 Å². The van der Waals surface area contributed by atoms with Gasteiger partial charge in [-0.3, -0.25) is 0 Å². The van der Waals surface area contributed by atoms with Crippen molar-refractivity contribution in [2.24, 2.45) is 5.41 Å². The normalized spacial score (nSPS) is 11.1. The lowest BCUT2D eigenvalue weighted by molar-refractivity contribution is 0.244. The molecule has 19 heavy (non-hydrogen) atoms. The molecule has 1 aromatic carbocycles. The summed E-state index contributed by atoms with van der Waals surface area (Å²) >= 11 is 4.24. The maximum atomic E-state index is 11.9. The van der Waals surface area contributed by atoms with Crippen molar-refractivity contribution >= 4 is 30.2 Å². The van der Waals surface area contributed by atoms with E-state index in [0.717, 1.165) is 11.4 Å². The van der Waals surface area contributed by atoms with Crippen molar-refractivity contribution in [2.75, 3.05) is 29.8 Å². The van der Waals surface area contributed by atoms with E-state index in [9.17, 15) is 4.79 Å². The Kier molecular flexibility index (Phi) is 5.11. The standard InChI is InChI=1S/C14H23N3OS/c1-14(2,3)10-15-13(18)17(19)12-8-6-11(7-9-12)16(4)5/h6-9,19H,10H2,1-5H3,(H,15,18). The molecule has 0 saturated carbocycles. The molecular weight excluding hydrogens is 258 g/mol. The van der Waals surface area contributed by atoms with Gasteiger partial charge in [-0.1, -0.05) is 33.6 Å². The first-order chi connectivity index (χ1) is 8.70. The fraction of sp³-hybridized carbons (Fsp3) is 0.500. The van der Waals surface area contributed by atoms with Crippen molar-refractivity contribution in [1.29, 1.82) is 0 Å². The number of hydrogen-bond acceptors (Lipinski definition) is 3. The van der Waals surface area contributed by atoms with Gasteiger partial charge in [0.15, 0.2) is 0 Å². The molecule has 1 aromatic rings. The molecule has 4 nitrogen and oxygen atoms in total. The minimum Gasteiger partial charge on any atom is -0.378 e. The molecule has 0 fully saturated rings. The van der Waals surface area contributed by atoms with Crippen LogP contribution in [0.3, 0.4) is 0 Å². The third kappa shape index (κ3) is 5.03. The fourth-order valence-corrected chi connectivity index (χ4v) is 1.63. The van der Waals surface area contributed by atoms with E-state index in [4.69, 9.17) is 0 Å². The van der Waals surface area contributed by atoms with E-state index in [1.165, 1.54) is 4.31 Å². The van der Waals surface area contributed by atoms with Gasteiger partial charge < -0.3 is 10.2 Å². The Morgan fingerprint density at radius 3 is 2.05 bits per heavy atom. The van der Waals surface area contributed by atoms with Crippen LogP contribution in [0.2, 0.25) is 0 Å². The zero-order valence-electron chi connectivity index (χ0n) is 12.3. The quantitative estimate of drug-likeness (QED) is 0.835. The van der Waals surface area contributed by atoms with Gasteiger partial charge in [-0.2, -0.15) is 0 Å². The topological polar surface area (TPSA) is 35.6 Å². The van der Waals surface area contributed by atoms with Crippen molar-refractivity contribution in [3.8, 4) is 0 Å². The number of benzene rings is 1. The second kappa shape index (κ2) is 6.19. The minimum atomic E-state index is -0.212. The van der Waals surface area contributed by atoms with Crippen LogP contribution >= 0.6 is 12.8 Å². The van der Waals surface area contributed by atoms with Crippen LogP contribution in [0, 0.1) is 5.41 Å². The van der Waals surface area contributed by atoms with Crippen LogP contribution in [0.15, 0.2) is 24.3 Å². The number of nitrogens with zero attached hydrogens (tertiary/aromatic N) is 2. The molecule has 106 valence electrons. The Bertz CT molecular complexity index is 423. The summed E-state index contributed by atoms with van der Waals surface area (Å²) in [5, 5.41) is 2.86. The number of rotatable bonds is 3. The van der Waals surface area contributed by atoms with E-state index >= 15 is 0 Å².